The molecule has 102 valence electrons. The Bertz CT molecular complexity index is 655. The number of hydrogen-bond donors (Lipinski definition) is 3. The fourth-order valence-electron chi connectivity index (χ4n) is 2.38. The fraction of sp³-hybridized carbons (Fsp3) is 0.545. The van der Waals surface area contributed by atoms with Crippen LogP contribution in [-0.2, 0) is 11.3 Å². The molecule has 0 unspecified atom stereocenters. The molecule has 3 heterocycles. The highest BCUT2D eigenvalue weighted by Crippen LogP contribution is 2.19. The standard InChI is InChI=1S/C11H16N6O2/c12-10-15-8-7(9(18)16-10)14-11(13)17(8)5-6-3-1-2-4-19-6/h6H,1-5H2,(H2,13,14)(H3,12,15,16,18)/t6-/m0/s1. The van der Waals surface area contributed by atoms with E-state index < -0.39 is 0 Å². The molecule has 1 aliphatic heterocycles. The molecule has 1 atom stereocenters. The third-order valence-corrected chi connectivity index (χ3v) is 3.31. The zero-order valence-corrected chi connectivity index (χ0v) is 10.4. The lowest BCUT2D eigenvalue weighted by Gasteiger charge is -2.23. The largest absolute Gasteiger partial charge is 0.376 e. The Kier molecular flexibility index (Phi) is 2.86. The van der Waals surface area contributed by atoms with Crippen molar-refractivity contribution in [2.24, 2.45) is 0 Å². The van der Waals surface area contributed by atoms with E-state index in [1.165, 1.54) is 0 Å². The molecule has 0 spiro atoms. The van der Waals surface area contributed by atoms with Crippen molar-refractivity contribution in [2.75, 3.05) is 18.1 Å². The number of H-pyrrole nitrogens is 1. The molecule has 3 rings (SSSR count). The van der Waals surface area contributed by atoms with Crippen molar-refractivity contribution in [1.29, 1.82) is 0 Å². The summed E-state index contributed by atoms with van der Waals surface area (Å²) in [4.78, 5) is 22.3. The van der Waals surface area contributed by atoms with Crippen LogP contribution in [0.15, 0.2) is 4.79 Å². The number of nitrogens with one attached hydrogen (secondary N) is 1. The maximum atomic E-state index is 11.7. The first kappa shape index (κ1) is 12.0. The molecule has 1 fully saturated rings. The maximum Gasteiger partial charge on any atom is 0.280 e. The molecular weight excluding hydrogens is 248 g/mol. The van der Waals surface area contributed by atoms with E-state index in [-0.39, 0.29) is 29.1 Å². The monoisotopic (exact) mass is 264 g/mol. The number of fused-ring (bicyclic) bond motifs is 1. The second kappa shape index (κ2) is 4.54. The molecule has 5 N–H and O–H groups in total. The molecule has 0 bridgehead atoms. The van der Waals surface area contributed by atoms with Crippen molar-refractivity contribution in [1.82, 2.24) is 19.5 Å². The topological polar surface area (TPSA) is 125 Å². The summed E-state index contributed by atoms with van der Waals surface area (Å²) in [6.45, 7) is 1.30. The molecule has 2 aromatic heterocycles. The van der Waals surface area contributed by atoms with Gasteiger partial charge in [0.05, 0.1) is 12.6 Å². The van der Waals surface area contributed by atoms with Gasteiger partial charge in [0.2, 0.25) is 11.9 Å². The van der Waals surface area contributed by atoms with Crippen molar-refractivity contribution in [3.8, 4) is 0 Å². The van der Waals surface area contributed by atoms with Crippen LogP contribution in [0.5, 0.6) is 0 Å². The molecule has 0 aliphatic carbocycles. The molecule has 0 amide bonds. The van der Waals surface area contributed by atoms with Crippen LogP contribution < -0.4 is 17.0 Å². The first-order chi connectivity index (χ1) is 9.15. The predicted octanol–water partition coefficient (Wildman–Crippen LogP) is -0.147. The Morgan fingerprint density at radius 1 is 1.37 bits per heavy atom. The van der Waals surface area contributed by atoms with Crippen molar-refractivity contribution < 1.29 is 4.74 Å². The zero-order chi connectivity index (χ0) is 13.4. The van der Waals surface area contributed by atoms with E-state index in [1.54, 1.807) is 4.57 Å². The van der Waals surface area contributed by atoms with Crippen LogP contribution >= 0.6 is 0 Å². The van der Waals surface area contributed by atoms with Gasteiger partial charge in [0.25, 0.3) is 5.56 Å². The number of ether oxygens (including phenoxy) is 1. The van der Waals surface area contributed by atoms with Gasteiger partial charge in [-0.3, -0.25) is 14.3 Å². The van der Waals surface area contributed by atoms with Crippen LogP contribution in [0.2, 0.25) is 0 Å². The van der Waals surface area contributed by atoms with Gasteiger partial charge in [-0.1, -0.05) is 0 Å². The molecule has 0 saturated carbocycles. The number of nitrogen functional groups attached to an aromatic ring is 2. The summed E-state index contributed by atoms with van der Waals surface area (Å²) >= 11 is 0. The molecule has 2 aromatic rings. The number of imidazole rings is 1. The van der Waals surface area contributed by atoms with Crippen LogP contribution in [0.3, 0.4) is 0 Å². The molecule has 0 aromatic carbocycles. The van der Waals surface area contributed by atoms with Crippen molar-refractivity contribution in [3.63, 3.8) is 0 Å². The lowest BCUT2D eigenvalue weighted by Crippen LogP contribution is -2.25. The van der Waals surface area contributed by atoms with Crippen LogP contribution in [0, 0.1) is 0 Å². The first-order valence-corrected chi connectivity index (χ1v) is 6.28. The minimum Gasteiger partial charge on any atom is -0.376 e. The van der Waals surface area contributed by atoms with Crippen molar-refractivity contribution >= 4 is 23.1 Å². The van der Waals surface area contributed by atoms with Gasteiger partial charge >= 0.3 is 0 Å². The van der Waals surface area contributed by atoms with Crippen molar-refractivity contribution in [2.45, 2.75) is 31.9 Å². The Morgan fingerprint density at radius 2 is 2.21 bits per heavy atom. The van der Waals surface area contributed by atoms with E-state index in [4.69, 9.17) is 16.2 Å². The van der Waals surface area contributed by atoms with Gasteiger partial charge in [-0.15, -0.1) is 0 Å². The Hall–Kier alpha value is -2.09. The summed E-state index contributed by atoms with van der Waals surface area (Å²) in [5.41, 5.74) is 11.7. The van der Waals surface area contributed by atoms with Gasteiger partial charge in [-0.2, -0.15) is 4.98 Å². The second-order valence-corrected chi connectivity index (χ2v) is 4.69. The third-order valence-electron chi connectivity index (χ3n) is 3.31. The number of hydrogen-bond acceptors (Lipinski definition) is 6. The molecule has 8 nitrogen and oxygen atoms in total. The van der Waals surface area contributed by atoms with Gasteiger partial charge in [0.1, 0.15) is 0 Å². The highest BCUT2D eigenvalue weighted by molar-refractivity contribution is 5.74. The highest BCUT2D eigenvalue weighted by atomic mass is 16.5. The summed E-state index contributed by atoms with van der Waals surface area (Å²) < 4.78 is 7.36. The minimum atomic E-state index is -0.377. The minimum absolute atomic E-state index is 0.0585. The van der Waals surface area contributed by atoms with Gasteiger partial charge in [0, 0.05) is 6.61 Å². The molecule has 0 radical (unpaired) electrons. The van der Waals surface area contributed by atoms with E-state index in [1.807, 2.05) is 0 Å². The molecule has 8 heteroatoms. The molecule has 1 saturated heterocycles. The van der Waals surface area contributed by atoms with Crippen LogP contribution in [0.1, 0.15) is 19.3 Å². The summed E-state index contributed by atoms with van der Waals surface area (Å²) in [6.07, 6.45) is 3.27. The number of rotatable bonds is 2. The Labute approximate surface area is 108 Å². The number of aromatic nitrogens is 4. The normalized spacial score (nSPS) is 19.9. The van der Waals surface area contributed by atoms with E-state index in [9.17, 15) is 4.79 Å². The van der Waals surface area contributed by atoms with Gasteiger partial charge in [-0.25, -0.2) is 4.98 Å². The molecule has 19 heavy (non-hydrogen) atoms. The maximum absolute atomic E-state index is 11.7. The number of anilines is 2. The van der Waals surface area contributed by atoms with E-state index >= 15 is 0 Å². The van der Waals surface area contributed by atoms with Crippen molar-refractivity contribution in [3.05, 3.63) is 10.4 Å². The summed E-state index contributed by atoms with van der Waals surface area (Å²) in [6, 6.07) is 0. The van der Waals surface area contributed by atoms with Gasteiger partial charge in [-0.05, 0) is 19.3 Å². The van der Waals surface area contributed by atoms with Gasteiger partial charge in [0.15, 0.2) is 11.2 Å². The number of nitrogens with two attached hydrogens (primary N) is 2. The number of nitrogens with zero attached hydrogens (tertiary/aromatic N) is 3. The second-order valence-electron chi connectivity index (χ2n) is 4.69. The smallest absolute Gasteiger partial charge is 0.280 e. The average Bonchev–Trinajstić information content (AvgIpc) is 2.69. The Morgan fingerprint density at radius 3 is 2.95 bits per heavy atom. The summed E-state index contributed by atoms with van der Waals surface area (Å²) in [5, 5.41) is 0. The lowest BCUT2D eigenvalue weighted by atomic mass is 10.1. The van der Waals surface area contributed by atoms with Gasteiger partial charge < -0.3 is 16.2 Å². The average molecular weight is 264 g/mol. The fourth-order valence-corrected chi connectivity index (χ4v) is 2.38. The zero-order valence-electron chi connectivity index (χ0n) is 10.4. The van der Waals surface area contributed by atoms with E-state index in [0.29, 0.717) is 12.2 Å². The number of aromatic amines is 1. The first-order valence-electron chi connectivity index (χ1n) is 6.28. The van der Waals surface area contributed by atoms with Crippen LogP contribution in [-0.4, -0.2) is 32.2 Å². The predicted molar refractivity (Wildman–Crippen MR) is 70.6 cm³/mol. The summed E-state index contributed by atoms with van der Waals surface area (Å²) in [5.74, 6) is 0.316. The lowest BCUT2D eigenvalue weighted by molar-refractivity contribution is 0.00686. The Balaban J connectivity index is 2.02. The van der Waals surface area contributed by atoms with Crippen LogP contribution in [0.25, 0.3) is 11.2 Å². The SMILES string of the molecule is Nc1nc2c(nc(N)n2C[C@@H]2CCCCO2)c(=O)[nH]1. The van der Waals surface area contributed by atoms with E-state index in [2.05, 4.69) is 15.0 Å². The molecular formula is C11H16N6O2. The quantitative estimate of drug-likeness (QED) is 0.693. The highest BCUT2D eigenvalue weighted by Gasteiger charge is 2.19. The third kappa shape index (κ3) is 2.14. The van der Waals surface area contributed by atoms with Crippen LogP contribution in [0.4, 0.5) is 11.9 Å². The molecule has 1 aliphatic rings. The van der Waals surface area contributed by atoms with E-state index in [0.717, 1.165) is 25.9 Å². The summed E-state index contributed by atoms with van der Waals surface area (Å²) in [7, 11) is 0.